The zero-order chi connectivity index (χ0) is 30.3. The molecular weight excluding hydrogens is 552 g/mol. The lowest BCUT2D eigenvalue weighted by Gasteiger charge is -2.43. The van der Waals surface area contributed by atoms with Gasteiger partial charge < -0.3 is 13.9 Å². The van der Waals surface area contributed by atoms with Crippen molar-refractivity contribution in [2.45, 2.75) is 45.6 Å². The van der Waals surface area contributed by atoms with Gasteiger partial charge in [0.2, 0.25) is 0 Å². The van der Waals surface area contributed by atoms with E-state index in [0.29, 0.717) is 5.69 Å². The van der Waals surface area contributed by atoms with Crippen molar-refractivity contribution in [3.05, 3.63) is 149 Å². The number of aromatic nitrogens is 2. The number of benzene rings is 4. The molecule has 0 saturated heterocycles. The maximum atomic E-state index is 13.6. The molecule has 0 atom stereocenters. The normalized spacial score (nSPS) is 11.7. The van der Waals surface area contributed by atoms with Gasteiger partial charge in [-0.3, -0.25) is 4.79 Å². The van der Waals surface area contributed by atoms with Gasteiger partial charge in [-0.25, -0.2) is 4.68 Å². The number of hydrogen-bond acceptors (Lipinski definition) is 5. The Morgan fingerprint density at radius 1 is 0.721 bits per heavy atom. The molecule has 7 heteroatoms. The molecule has 1 heterocycles. The van der Waals surface area contributed by atoms with E-state index in [1.54, 1.807) is 13.2 Å². The molecule has 0 bridgehead atoms. The minimum absolute atomic E-state index is 0.195. The number of ether oxygens (including phenoxy) is 2. The van der Waals surface area contributed by atoms with E-state index in [-0.39, 0.29) is 36.1 Å². The Morgan fingerprint density at radius 2 is 1.28 bits per heavy atom. The fourth-order valence-corrected chi connectivity index (χ4v) is 9.95. The van der Waals surface area contributed by atoms with Gasteiger partial charge in [-0.15, -0.1) is 0 Å². The van der Waals surface area contributed by atoms with Crippen LogP contribution in [0.15, 0.2) is 126 Å². The number of nitrogens with zero attached hydrogens (tertiary/aromatic N) is 2. The van der Waals surface area contributed by atoms with Gasteiger partial charge in [0, 0.05) is 6.07 Å². The van der Waals surface area contributed by atoms with E-state index >= 15 is 0 Å². The van der Waals surface area contributed by atoms with Crippen molar-refractivity contribution < 1.29 is 13.9 Å². The van der Waals surface area contributed by atoms with Crippen molar-refractivity contribution in [1.82, 2.24) is 9.78 Å². The second kappa shape index (κ2) is 13.2. The highest BCUT2D eigenvalue weighted by Gasteiger charge is 2.50. The smallest absolute Gasteiger partial charge is 0.309 e. The predicted octanol–water partition coefficient (Wildman–Crippen LogP) is 5.96. The molecule has 6 nitrogen and oxygen atoms in total. The first kappa shape index (κ1) is 30.0. The molecule has 5 aromatic rings. The summed E-state index contributed by atoms with van der Waals surface area (Å²) in [5.41, 5.74) is 2.24. The van der Waals surface area contributed by atoms with E-state index in [1.165, 1.54) is 15.1 Å². The van der Waals surface area contributed by atoms with Crippen LogP contribution in [0.25, 0.3) is 0 Å². The lowest BCUT2D eigenvalue weighted by atomic mass is 10.2. The SMILES string of the molecule is COc1ccc(Cn2nc(CO[Si](c3ccccc3)(c3ccccc3)C(C)(C)C)cc(OCc3ccccc3)c2=O)cc1. The minimum atomic E-state index is -2.82. The summed E-state index contributed by atoms with van der Waals surface area (Å²) in [5.74, 6) is 0.997. The highest BCUT2D eigenvalue weighted by atomic mass is 28.4. The molecule has 0 aliphatic heterocycles. The first-order valence-corrected chi connectivity index (χ1v) is 16.4. The Labute approximate surface area is 254 Å². The molecule has 0 unspecified atom stereocenters. The van der Waals surface area contributed by atoms with Crippen molar-refractivity contribution in [3.8, 4) is 11.5 Å². The molecule has 0 saturated carbocycles. The molecule has 5 rings (SSSR count). The average Bonchev–Trinajstić information content (AvgIpc) is 3.03. The third-order valence-corrected chi connectivity index (χ3v) is 12.6. The van der Waals surface area contributed by atoms with E-state index in [4.69, 9.17) is 19.0 Å². The molecule has 4 aromatic carbocycles. The van der Waals surface area contributed by atoms with Crippen LogP contribution in [-0.4, -0.2) is 25.2 Å². The fraction of sp³-hybridized carbons (Fsp3) is 0.222. The molecule has 0 aliphatic carbocycles. The van der Waals surface area contributed by atoms with E-state index in [2.05, 4.69) is 69.3 Å². The monoisotopic (exact) mass is 590 g/mol. The van der Waals surface area contributed by atoms with Crippen LogP contribution in [-0.2, 0) is 24.2 Å². The highest BCUT2D eigenvalue weighted by Crippen LogP contribution is 2.37. The zero-order valence-corrected chi connectivity index (χ0v) is 26.2. The summed E-state index contributed by atoms with van der Waals surface area (Å²) in [6.07, 6.45) is 0. The third-order valence-electron chi connectivity index (χ3n) is 7.57. The molecule has 0 amide bonds. The molecule has 0 N–H and O–H groups in total. The van der Waals surface area contributed by atoms with Crippen LogP contribution in [0.4, 0.5) is 0 Å². The van der Waals surface area contributed by atoms with E-state index in [0.717, 1.165) is 16.9 Å². The van der Waals surface area contributed by atoms with E-state index in [9.17, 15) is 4.79 Å². The summed E-state index contributed by atoms with van der Waals surface area (Å²) in [5, 5.41) is 6.96. The average molecular weight is 591 g/mol. The molecular formula is C36H38N2O4Si. The summed E-state index contributed by atoms with van der Waals surface area (Å²) >= 11 is 0. The maximum absolute atomic E-state index is 13.6. The summed E-state index contributed by atoms with van der Waals surface area (Å²) in [7, 11) is -1.19. The largest absolute Gasteiger partial charge is 0.497 e. The molecule has 1 aromatic heterocycles. The summed E-state index contributed by atoms with van der Waals surface area (Å²) in [4.78, 5) is 13.6. The molecule has 0 fully saturated rings. The van der Waals surface area contributed by atoms with Crippen LogP contribution in [0.3, 0.4) is 0 Å². The highest BCUT2D eigenvalue weighted by molar-refractivity contribution is 6.99. The standard InChI is InChI=1S/C36H38N2O4Si/c1-36(2,3)43(32-16-10-6-11-17-32,33-18-12-7-13-19-33)42-27-30-24-34(41-26-29-14-8-5-9-15-29)35(39)38(37-30)25-28-20-22-31(40-4)23-21-28/h5-24H,25-27H2,1-4H3. The first-order valence-electron chi connectivity index (χ1n) is 14.5. The second-order valence-electron chi connectivity index (χ2n) is 11.5. The van der Waals surface area contributed by atoms with Gasteiger partial charge >= 0.3 is 5.56 Å². The fourth-order valence-electron chi connectivity index (χ4n) is 5.43. The van der Waals surface area contributed by atoms with E-state index in [1.807, 2.05) is 66.7 Å². The third kappa shape index (κ3) is 6.79. The van der Waals surface area contributed by atoms with Crippen LogP contribution < -0.4 is 25.4 Å². The summed E-state index contributed by atoms with van der Waals surface area (Å²) in [6, 6.07) is 40.2. The van der Waals surface area contributed by atoms with Crippen LogP contribution in [0.1, 0.15) is 37.6 Å². The van der Waals surface area contributed by atoms with Gasteiger partial charge in [0.05, 0.1) is 26.0 Å². The Kier molecular flexibility index (Phi) is 9.24. The van der Waals surface area contributed by atoms with Crippen LogP contribution in [0.2, 0.25) is 5.04 Å². The maximum Gasteiger partial charge on any atom is 0.309 e. The summed E-state index contributed by atoms with van der Waals surface area (Å²) in [6.45, 7) is 7.51. The van der Waals surface area contributed by atoms with Gasteiger partial charge in [0.1, 0.15) is 12.4 Å². The van der Waals surface area contributed by atoms with E-state index < -0.39 is 8.32 Å². The second-order valence-corrected chi connectivity index (χ2v) is 15.8. The van der Waals surface area contributed by atoms with Crippen LogP contribution in [0.5, 0.6) is 11.5 Å². The van der Waals surface area contributed by atoms with Crippen LogP contribution in [0, 0.1) is 0 Å². The molecule has 220 valence electrons. The Bertz CT molecular complexity index is 1630. The van der Waals surface area contributed by atoms with Crippen LogP contribution >= 0.6 is 0 Å². The quantitative estimate of drug-likeness (QED) is 0.178. The first-order chi connectivity index (χ1) is 20.8. The van der Waals surface area contributed by atoms with Gasteiger partial charge in [-0.1, -0.05) is 124 Å². The van der Waals surface area contributed by atoms with Crippen molar-refractivity contribution in [2.75, 3.05) is 7.11 Å². The predicted molar refractivity (Wildman–Crippen MR) is 174 cm³/mol. The number of rotatable bonds is 11. The number of hydrogen-bond donors (Lipinski definition) is 0. The topological polar surface area (TPSA) is 62.6 Å². The Balaban J connectivity index is 1.54. The van der Waals surface area contributed by atoms with Crippen molar-refractivity contribution >= 4 is 18.7 Å². The molecule has 43 heavy (non-hydrogen) atoms. The lowest BCUT2D eigenvalue weighted by Crippen LogP contribution is -2.66. The molecule has 0 spiro atoms. The number of methoxy groups -OCH3 is 1. The lowest BCUT2D eigenvalue weighted by molar-refractivity contribution is 0.269. The van der Waals surface area contributed by atoms with Gasteiger partial charge in [0.15, 0.2) is 5.75 Å². The van der Waals surface area contributed by atoms with Gasteiger partial charge in [-0.05, 0) is 38.7 Å². The Hall–Kier alpha value is -4.46. The summed E-state index contributed by atoms with van der Waals surface area (Å²) < 4.78 is 20.0. The zero-order valence-electron chi connectivity index (χ0n) is 25.2. The van der Waals surface area contributed by atoms with Crippen molar-refractivity contribution in [2.24, 2.45) is 0 Å². The van der Waals surface area contributed by atoms with Crippen molar-refractivity contribution in [1.29, 1.82) is 0 Å². The van der Waals surface area contributed by atoms with Crippen molar-refractivity contribution in [3.63, 3.8) is 0 Å². The van der Waals surface area contributed by atoms with Gasteiger partial charge in [0.25, 0.3) is 8.32 Å². The minimum Gasteiger partial charge on any atom is -0.497 e. The molecule has 0 radical (unpaired) electrons. The van der Waals surface area contributed by atoms with Gasteiger partial charge in [-0.2, -0.15) is 5.10 Å². The molecule has 0 aliphatic rings. The Morgan fingerprint density at radius 3 is 1.81 bits per heavy atom.